The van der Waals surface area contributed by atoms with E-state index >= 15 is 0 Å². The van der Waals surface area contributed by atoms with Gasteiger partial charge < -0.3 is 5.32 Å². The van der Waals surface area contributed by atoms with E-state index in [-0.39, 0.29) is 24.2 Å². The Morgan fingerprint density at radius 2 is 1.94 bits per heavy atom. The second-order valence-electron chi connectivity index (χ2n) is 8.54. The number of hydrogen-bond acceptors (Lipinski definition) is 6. The second kappa shape index (κ2) is 9.19. The van der Waals surface area contributed by atoms with Gasteiger partial charge in [0.1, 0.15) is 11.8 Å². The van der Waals surface area contributed by atoms with Crippen molar-refractivity contribution in [3.8, 4) is 17.2 Å². The number of fused-ring (bicyclic) bond motifs is 1. The van der Waals surface area contributed by atoms with Gasteiger partial charge in [0.2, 0.25) is 0 Å². The van der Waals surface area contributed by atoms with E-state index in [0.29, 0.717) is 36.2 Å². The van der Waals surface area contributed by atoms with Crippen LogP contribution in [0.5, 0.6) is 0 Å². The van der Waals surface area contributed by atoms with Crippen LogP contribution in [0.4, 0.5) is 14.5 Å². The summed E-state index contributed by atoms with van der Waals surface area (Å²) in [4.78, 5) is 23.2. The summed E-state index contributed by atoms with van der Waals surface area (Å²) >= 11 is 0. The normalized spacial score (nSPS) is 15.6. The van der Waals surface area contributed by atoms with Crippen LogP contribution in [-0.4, -0.2) is 50.0 Å². The van der Waals surface area contributed by atoms with Crippen molar-refractivity contribution in [2.45, 2.75) is 25.3 Å². The molecule has 1 amide bonds. The molecule has 1 aromatic carbocycles. The Bertz CT molecular complexity index is 1420. The molecule has 4 heterocycles. The smallest absolute Gasteiger partial charge is 0.276 e. The average molecular weight is 473 g/mol. The number of benzene rings is 1. The van der Waals surface area contributed by atoms with Crippen LogP contribution >= 0.6 is 0 Å². The molecule has 0 unspecified atom stereocenters. The van der Waals surface area contributed by atoms with E-state index < -0.39 is 11.8 Å². The predicted molar refractivity (Wildman–Crippen MR) is 126 cm³/mol. The van der Waals surface area contributed by atoms with Crippen molar-refractivity contribution in [1.29, 1.82) is 5.26 Å². The minimum Gasteiger partial charge on any atom is -0.319 e. The zero-order valence-electron chi connectivity index (χ0n) is 18.6. The quantitative estimate of drug-likeness (QED) is 0.445. The summed E-state index contributed by atoms with van der Waals surface area (Å²) in [5.74, 6) is -2.98. The Labute approximate surface area is 199 Å². The fourth-order valence-corrected chi connectivity index (χ4v) is 4.12. The van der Waals surface area contributed by atoms with Crippen LogP contribution in [0.1, 0.15) is 34.6 Å². The molecule has 1 aliphatic heterocycles. The van der Waals surface area contributed by atoms with E-state index in [9.17, 15) is 13.6 Å². The summed E-state index contributed by atoms with van der Waals surface area (Å²) in [5.41, 5.74) is 4.29. The number of nitrogens with one attached hydrogen (secondary N) is 2. The molecular formula is C25H21F2N7O. The number of halogens is 2. The first-order valence-electron chi connectivity index (χ1n) is 11.1. The molecule has 2 N–H and O–H groups in total. The lowest BCUT2D eigenvalue weighted by Crippen LogP contribution is -2.38. The van der Waals surface area contributed by atoms with Crippen LogP contribution in [0, 0.1) is 11.3 Å². The molecule has 0 aliphatic carbocycles. The van der Waals surface area contributed by atoms with Gasteiger partial charge in [0.25, 0.3) is 11.8 Å². The highest BCUT2D eigenvalue weighted by Crippen LogP contribution is 2.29. The Morgan fingerprint density at radius 1 is 1.11 bits per heavy atom. The van der Waals surface area contributed by atoms with Gasteiger partial charge in [-0.2, -0.15) is 10.4 Å². The van der Waals surface area contributed by atoms with Gasteiger partial charge in [0.15, 0.2) is 5.69 Å². The van der Waals surface area contributed by atoms with Crippen molar-refractivity contribution < 1.29 is 13.6 Å². The van der Waals surface area contributed by atoms with Crippen LogP contribution in [0.2, 0.25) is 0 Å². The Hall–Kier alpha value is -4.23. The molecular weight excluding hydrogens is 452 g/mol. The maximum absolute atomic E-state index is 13.5. The number of hydrogen-bond donors (Lipinski definition) is 2. The van der Waals surface area contributed by atoms with Gasteiger partial charge in [-0.1, -0.05) is 6.07 Å². The lowest BCUT2D eigenvalue weighted by molar-refractivity contribution is -0.0566. The zero-order chi connectivity index (χ0) is 24.4. The van der Waals surface area contributed by atoms with Crippen molar-refractivity contribution in [2.75, 3.05) is 18.4 Å². The number of aromatic amines is 1. The van der Waals surface area contributed by atoms with Crippen LogP contribution < -0.4 is 5.32 Å². The van der Waals surface area contributed by atoms with Crippen molar-refractivity contribution >= 4 is 22.5 Å². The van der Waals surface area contributed by atoms with Gasteiger partial charge in [-0.05, 0) is 41.5 Å². The summed E-state index contributed by atoms with van der Waals surface area (Å²) < 4.78 is 26.9. The Kier molecular flexibility index (Phi) is 5.93. The summed E-state index contributed by atoms with van der Waals surface area (Å²) in [6.45, 7) is 1.26. The molecule has 1 aliphatic rings. The fraction of sp³-hybridized carbons (Fsp3) is 0.240. The number of amides is 1. The number of anilines is 1. The van der Waals surface area contributed by atoms with Crippen LogP contribution in [0.3, 0.4) is 0 Å². The molecule has 10 heteroatoms. The van der Waals surface area contributed by atoms with E-state index in [2.05, 4.69) is 25.5 Å². The third kappa shape index (κ3) is 5.00. The predicted octanol–water partition coefficient (Wildman–Crippen LogP) is 4.37. The summed E-state index contributed by atoms with van der Waals surface area (Å²) in [6, 6.07) is 12.7. The van der Waals surface area contributed by atoms with Gasteiger partial charge in [0.05, 0.1) is 17.4 Å². The molecule has 0 spiro atoms. The first-order valence-corrected chi connectivity index (χ1v) is 11.1. The van der Waals surface area contributed by atoms with E-state index in [1.807, 2.05) is 35.2 Å². The topological polar surface area (TPSA) is 111 Å². The number of carbonyl (C=O) groups excluding carboxylic acids is 1. The van der Waals surface area contributed by atoms with E-state index in [1.54, 1.807) is 18.5 Å². The van der Waals surface area contributed by atoms with Gasteiger partial charge >= 0.3 is 0 Å². The van der Waals surface area contributed by atoms with Gasteiger partial charge in [-0.25, -0.2) is 13.8 Å². The molecule has 0 atom stereocenters. The number of pyridine rings is 2. The van der Waals surface area contributed by atoms with Gasteiger partial charge in [-0.3, -0.25) is 19.8 Å². The summed E-state index contributed by atoms with van der Waals surface area (Å²) in [5, 5.41) is 19.3. The standard InChI is InChI=1S/C25H21F2N7O/c26-25(27)5-7-34(8-6-25)15-16-9-18(13-29-12-16)17-1-4-22-21(10-17)23(33-32-22)24(35)31-20-3-2-19(11-28)30-14-20/h1-4,9-10,12-14H,5-8,15H2,(H,31,35)(H,32,33). The monoisotopic (exact) mass is 473 g/mol. The molecule has 176 valence electrons. The minimum atomic E-state index is -2.57. The maximum Gasteiger partial charge on any atom is 0.276 e. The molecule has 35 heavy (non-hydrogen) atoms. The molecule has 0 bridgehead atoms. The van der Waals surface area contributed by atoms with E-state index in [4.69, 9.17) is 5.26 Å². The highest BCUT2D eigenvalue weighted by atomic mass is 19.3. The number of alkyl halides is 2. The summed E-state index contributed by atoms with van der Waals surface area (Å²) in [6.07, 6.45) is 4.65. The lowest BCUT2D eigenvalue weighted by atomic mass is 10.0. The number of carbonyl (C=O) groups is 1. The van der Waals surface area contributed by atoms with Gasteiger partial charge in [-0.15, -0.1) is 0 Å². The molecule has 0 saturated carbocycles. The maximum atomic E-state index is 13.5. The number of piperidine rings is 1. The number of nitriles is 1. The fourth-order valence-electron chi connectivity index (χ4n) is 4.12. The Balaban J connectivity index is 1.36. The third-order valence-corrected chi connectivity index (χ3v) is 6.04. The minimum absolute atomic E-state index is 0.124. The lowest BCUT2D eigenvalue weighted by Gasteiger charge is -2.31. The van der Waals surface area contributed by atoms with Crippen LogP contribution in [-0.2, 0) is 6.54 Å². The number of rotatable bonds is 5. The molecule has 3 aromatic heterocycles. The van der Waals surface area contributed by atoms with Gasteiger partial charge in [0, 0.05) is 55.8 Å². The van der Waals surface area contributed by atoms with Crippen LogP contribution in [0.15, 0.2) is 55.0 Å². The molecule has 5 rings (SSSR count). The van der Waals surface area contributed by atoms with Crippen LogP contribution in [0.25, 0.3) is 22.0 Å². The second-order valence-corrected chi connectivity index (χ2v) is 8.54. The zero-order valence-corrected chi connectivity index (χ0v) is 18.6. The third-order valence-electron chi connectivity index (χ3n) is 6.04. The van der Waals surface area contributed by atoms with Crippen molar-refractivity contribution in [3.63, 3.8) is 0 Å². The van der Waals surface area contributed by atoms with E-state index in [0.717, 1.165) is 16.7 Å². The SMILES string of the molecule is N#Cc1ccc(NC(=O)c2n[nH]c3ccc(-c4cncc(CN5CCC(F)(F)CC5)c4)cc23)cn1. The molecule has 1 fully saturated rings. The largest absolute Gasteiger partial charge is 0.319 e. The van der Waals surface area contributed by atoms with E-state index in [1.165, 1.54) is 12.3 Å². The number of nitrogens with zero attached hydrogens (tertiary/aromatic N) is 5. The highest BCUT2D eigenvalue weighted by molar-refractivity contribution is 6.11. The first-order chi connectivity index (χ1) is 16.9. The molecule has 0 radical (unpaired) electrons. The van der Waals surface area contributed by atoms with Crippen molar-refractivity contribution in [1.82, 2.24) is 25.1 Å². The first kappa shape index (κ1) is 22.6. The molecule has 1 saturated heterocycles. The van der Waals surface area contributed by atoms with Crippen molar-refractivity contribution in [2.24, 2.45) is 0 Å². The number of H-pyrrole nitrogens is 1. The van der Waals surface area contributed by atoms with Crippen molar-refractivity contribution in [3.05, 3.63) is 71.9 Å². The Morgan fingerprint density at radius 3 is 2.69 bits per heavy atom. The number of likely N-dealkylation sites (tertiary alicyclic amines) is 1. The number of aromatic nitrogens is 4. The average Bonchev–Trinajstić information content (AvgIpc) is 3.29. The highest BCUT2D eigenvalue weighted by Gasteiger charge is 2.33. The summed E-state index contributed by atoms with van der Waals surface area (Å²) in [7, 11) is 0. The molecule has 8 nitrogen and oxygen atoms in total. The molecule has 4 aromatic rings.